The van der Waals surface area contributed by atoms with E-state index < -0.39 is 0 Å². The summed E-state index contributed by atoms with van der Waals surface area (Å²) in [5, 5.41) is 8.04. The zero-order valence-electron chi connectivity index (χ0n) is 10.4. The monoisotopic (exact) mass is 255 g/mol. The van der Waals surface area contributed by atoms with Crippen LogP contribution in [0.1, 0.15) is 50.3 Å². The van der Waals surface area contributed by atoms with Gasteiger partial charge in [-0.05, 0) is 38.3 Å². The molecule has 0 bridgehead atoms. The lowest BCUT2D eigenvalue weighted by atomic mass is 10.3. The molecule has 3 nitrogen and oxygen atoms in total. The van der Waals surface area contributed by atoms with Crippen LogP contribution in [-0.4, -0.2) is 22.2 Å². The molecule has 1 fully saturated rings. The molecule has 0 aliphatic heterocycles. The van der Waals surface area contributed by atoms with Crippen LogP contribution in [0.4, 0.5) is 0 Å². The fourth-order valence-electron chi connectivity index (χ4n) is 2.40. The minimum absolute atomic E-state index is 0.653. The van der Waals surface area contributed by atoms with Crippen LogP contribution in [0.5, 0.6) is 0 Å². The van der Waals surface area contributed by atoms with E-state index in [1.54, 1.807) is 0 Å². The van der Waals surface area contributed by atoms with Crippen molar-refractivity contribution in [2.45, 2.75) is 51.1 Å². The van der Waals surface area contributed by atoms with Crippen molar-refractivity contribution in [1.29, 1.82) is 0 Å². The standard InChI is InChI=1S/C13H22ClN3/c14-8-3-4-9-15-11-12-7-10-17(16-12)13-5-1-2-6-13/h7,10,13,15H,1-6,8-9,11H2. The Morgan fingerprint density at radius 1 is 1.35 bits per heavy atom. The summed E-state index contributed by atoms with van der Waals surface area (Å²) < 4.78 is 2.16. The lowest BCUT2D eigenvalue weighted by molar-refractivity contribution is 0.460. The van der Waals surface area contributed by atoms with Crippen LogP contribution >= 0.6 is 11.6 Å². The van der Waals surface area contributed by atoms with Crippen molar-refractivity contribution in [2.75, 3.05) is 12.4 Å². The quantitative estimate of drug-likeness (QED) is 0.599. The van der Waals surface area contributed by atoms with E-state index in [0.29, 0.717) is 6.04 Å². The molecule has 1 aliphatic carbocycles. The minimum Gasteiger partial charge on any atom is -0.311 e. The van der Waals surface area contributed by atoms with Gasteiger partial charge in [-0.1, -0.05) is 12.8 Å². The fourth-order valence-corrected chi connectivity index (χ4v) is 2.59. The lowest BCUT2D eigenvalue weighted by Crippen LogP contribution is -2.15. The Labute approximate surface area is 109 Å². The highest BCUT2D eigenvalue weighted by atomic mass is 35.5. The summed E-state index contributed by atoms with van der Waals surface area (Å²) in [4.78, 5) is 0. The van der Waals surface area contributed by atoms with Crippen LogP contribution in [0.2, 0.25) is 0 Å². The van der Waals surface area contributed by atoms with Crippen LogP contribution in [0.25, 0.3) is 0 Å². The maximum Gasteiger partial charge on any atom is 0.0762 e. The molecule has 4 heteroatoms. The van der Waals surface area contributed by atoms with Gasteiger partial charge in [-0.3, -0.25) is 4.68 Å². The number of nitrogens with zero attached hydrogens (tertiary/aromatic N) is 2. The first kappa shape index (κ1) is 12.9. The molecule has 1 aromatic rings. The molecule has 0 saturated heterocycles. The Kier molecular flexibility index (Phi) is 5.33. The maximum atomic E-state index is 5.63. The summed E-state index contributed by atoms with van der Waals surface area (Å²) in [5.74, 6) is 0.762. The number of aromatic nitrogens is 2. The summed E-state index contributed by atoms with van der Waals surface area (Å²) in [7, 11) is 0. The first-order valence-electron chi connectivity index (χ1n) is 6.71. The van der Waals surface area contributed by atoms with Gasteiger partial charge in [0.25, 0.3) is 0 Å². The van der Waals surface area contributed by atoms with Gasteiger partial charge in [-0.15, -0.1) is 11.6 Å². The maximum absolute atomic E-state index is 5.63. The molecule has 1 saturated carbocycles. The lowest BCUT2D eigenvalue weighted by Gasteiger charge is -2.08. The molecule has 1 aliphatic rings. The average Bonchev–Trinajstić information content (AvgIpc) is 2.99. The number of halogens is 1. The van der Waals surface area contributed by atoms with Crippen molar-refractivity contribution in [3.63, 3.8) is 0 Å². The van der Waals surface area contributed by atoms with E-state index in [9.17, 15) is 0 Å². The van der Waals surface area contributed by atoms with Gasteiger partial charge >= 0.3 is 0 Å². The molecule has 1 aromatic heterocycles. The summed E-state index contributed by atoms with van der Waals surface area (Å²) >= 11 is 5.63. The fraction of sp³-hybridized carbons (Fsp3) is 0.769. The topological polar surface area (TPSA) is 29.9 Å². The van der Waals surface area contributed by atoms with E-state index in [-0.39, 0.29) is 0 Å². The smallest absolute Gasteiger partial charge is 0.0762 e. The highest BCUT2D eigenvalue weighted by Crippen LogP contribution is 2.28. The molecule has 1 heterocycles. The van der Waals surface area contributed by atoms with E-state index in [2.05, 4.69) is 27.4 Å². The predicted molar refractivity (Wildman–Crippen MR) is 71.4 cm³/mol. The normalized spacial score (nSPS) is 16.8. The van der Waals surface area contributed by atoms with Gasteiger partial charge in [0, 0.05) is 18.6 Å². The molecule has 0 atom stereocenters. The molecule has 0 aromatic carbocycles. The van der Waals surface area contributed by atoms with Crippen LogP contribution in [0.3, 0.4) is 0 Å². The second-order valence-corrected chi connectivity index (χ2v) is 5.18. The summed E-state index contributed by atoms with van der Waals surface area (Å²) in [6.45, 7) is 1.91. The number of unbranched alkanes of at least 4 members (excludes halogenated alkanes) is 1. The van der Waals surface area contributed by atoms with Gasteiger partial charge in [0.1, 0.15) is 0 Å². The van der Waals surface area contributed by atoms with E-state index >= 15 is 0 Å². The number of hydrogen-bond acceptors (Lipinski definition) is 2. The van der Waals surface area contributed by atoms with Gasteiger partial charge in [0.05, 0.1) is 11.7 Å². The van der Waals surface area contributed by atoms with Crippen LogP contribution in [0.15, 0.2) is 12.3 Å². The molecule has 17 heavy (non-hydrogen) atoms. The van der Waals surface area contributed by atoms with Crippen LogP contribution in [0, 0.1) is 0 Å². The van der Waals surface area contributed by atoms with E-state index in [4.69, 9.17) is 11.6 Å². The van der Waals surface area contributed by atoms with Crippen molar-refractivity contribution in [2.24, 2.45) is 0 Å². The molecular weight excluding hydrogens is 234 g/mol. The minimum atomic E-state index is 0.653. The summed E-state index contributed by atoms with van der Waals surface area (Å²) in [6.07, 6.45) is 9.67. The second kappa shape index (κ2) is 7.02. The largest absolute Gasteiger partial charge is 0.311 e. The van der Waals surface area contributed by atoms with Gasteiger partial charge < -0.3 is 5.32 Å². The second-order valence-electron chi connectivity index (χ2n) is 4.80. The van der Waals surface area contributed by atoms with Crippen LogP contribution in [-0.2, 0) is 6.54 Å². The Morgan fingerprint density at radius 2 is 2.18 bits per heavy atom. The van der Waals surface area contributed by atoms with Crippen molar-refractivity contribution in [1.82, 2.24) is 15.1 Å². The van der Waals surface area contributed by atoms with Gasteiger partial charge in [0.15, 0.2) is 0 Å². The van der Waals surface area contributed by atoms with Crippen molar-refractivity contribution < 1.29 is 0 Å². The molecule has 0 spiro atoms. The molecule has 0 unspecified atom stereocenters. The third-order valence-electron chi connectivity index (χ3n) is 3.41. The summed E-state index contributed by atoms with van der Waals surface area (Å²) in [6, 6.07) is 2.78. The predicted octanol–water partition coefficient (Wildman–Crippen LogP) is 3.11. The molecular formula is C13H22ClN3. The zero-order chi connectivity index (χ0) is 11.9. The number of rotatable bonds is 7. The highest BCUT2D eigenvalue weighted by Gasteiger charge is 2.17. The molecule has 0 amide bonds. The molecule has 1 N–H and O–H groups in total. The van der Waals surface area contributed by atoms with Crippen molar-refractivity contribution in [3.05, 3.63) is 18.0 Å². The van der Waals surface area contributed by atoms with E-state index in [1.165, 1.54) is 25.7 Å². The Hall–Kier alpha value is -0.540. The van der Waals surface area contributed by atoms with Crippen molar-refractivity contribution >= 4 is 11.6 Å². The SMILES string of the molecule is ClCCCCNCc1ccn(C2CCCC2)n1. The van der Waals surface area contributed by atoms with E-state index in [0.717, 1.165) is 37.5 Å². The van der Waals surface area contributed by atoms with Gasteiger partial charge in [-0.2, -0.15) is 5.10 Å². The third-order valence-corrected chi connectivity index (χ3v) is 3.67. The number of nitrogens with one attached hydrogen (secondary N) is 1. The first-order chi connectivity index (χ1) is 8.40. The van der Waals surface area contributed by atoms with Crippen molar-refractivity contribution in [3.8, 4) is 0 Å². The van der Waals surface area contributed by atoms with Crippen LogP contribution < -0.4 is 5.32 Å². The first-order valence-corrected chi connectivity index (χ1v) is 7.24. The van der Waals surface area contributed by atoms with E-state index in [1.807, 2.05) is 0 Å². The van der Waals surface area contributed by atoms with Gasteiger partial charge in [-0.25, -0.2) is 0 Å². The Balaban J connectivity index is 1.70. The highest BCUT2D eigenvalue weighted by molar-refractivity contribution is 6.17. The number of alkyl halides is 1. The molecule has 2 rings (SSSR count). The summed E-state index contributed by atoms with van der Waals surface area (Å²) in [5.41, 5.74) is 1.16. The van der Waals surface area contributed by atoms with Gasteiger partial charge in [0.2, 0.25) is 0 Å². The molecule has 96 valence electrons. The Morgan fingerprint density at radius 3 is 2.94 bits per heavy atom. The third kappa shape index (κ3) is 4.00. The Bertz CT molecular complexity index is 318. The molecule has 0 radical (unpaired) electrons. The zero-order valence-corrected chi connectivity index (χ0v) is 11.1. The number of hydrogen-bond donors (Lipinski definition) is 1. The average molecular weight is 256 g/mol.